The monoisotopic (exact) mass is 663 g/mol. The fourth-order valence-corrected chi connectivity index (χ4v) is 6.19. The van der Waals surface area contributed by atoms with Gasteiger partial charge in [-0.05, 0) is 49.9 Å². The van der Waals surface area contributed by atoms with E-state index in [0.717, 1.165) is 12.8 Å². The number of carbonyl (C=O) groups excluding carboxylic acids is 6. The lowest BCUT2D eigenvalue weighted by Gasteiger charge is -2.34. The van der Waals surface area contributed by atoms with E-state index in [1.807, 2.05) is 0 Å². The maximum atomic E-state index is 14.1. The number of fused-ring (bicyclic) bond motifs is 1. The van der Waals surface area contributed by atoms with Crippen LogP contribution in [-0.2, 0) is 24.0 Å². The van der Waals surface area contributed by atoms with Gasteiger partial charge >= 0.3 is 0 Å². The van der Waals surface area contributed by atoms with Crippen LogP contribution in [-0.4, -0.2) is 93.4 Å². The van der Waals surface area contributed by atoms with Crippen LogP contribution in [0.1, 0.15) is 84.1 Å². The summed E-state index contributed by atoms with van der Waals surface area (Å²) in [5.41, 5.74) is 0.0147. The summed E-state index contributed by atoms with van der Waals surface area (Å²) in [6.45, 7) is 10.6. The van der Waals surface area contributed by atoms with E-state index < -0.39 is 78.3 Å². The summed E-state index contributed by atoms with van der Waals surface area (Å²) < 4.78 is 27.1. The molecule has 0 unspecified atom stereocenters. The van der Waals surface area contributed by atoms with Crippen molar-refractivity contribution in [2.45, 2.75) is 110 Å². The van der Waals surface area contributed by atoms with Crippen molar-refractivity contribution in [3.8, 4) is 0 Å². The Morgan fingerprint density at radius 2 is 1.60 bits per heavy atom. The summed E-state index contributed by atoms with van der Waals surface area (Å²) in [4.78, 5) is 88.8. The van der Waals surface area contributed by atoms with E-state index in [1.165, 1.54) is 23.5 Å². The van der Waals surface area contributed by atoms with Gasteiger partial charge in [0.25, 0.3) is 11.8 Å². The third-order valence-corrected chi connectivity index (χ3v) is 8.96. The number of aromatic nitrogens is 2. The molecule has 0 spiro atoms. The van der Waals surface area contributed by atoms with Crippen molar-refractivity contribution >= 4 is 35.3 Å². The molecular formula is C32H47F2N7O6. The molecular weight excluding hydrogens is 616 g/mol. The Balaban J connectivity index is 1.82. The van der Waals surface area contributed by atoms with E-state index in [-0.39, 0.29) is 36.0 Å². The number of halogens is 2. The Bertz CT molecular complexity index is 1300. The average molecular weight is 664 g/mol. The van der Waals surface area contributed by atoms with Crippen LogP contribution in [0.15, 0.2) is 18.6 Å². The molecule has 13 nitrogen and oxygen atoms in total. The molecule has 47 heavy (non-hydrogen) atoms. The fraction of sp³-hybridized carbons (Fsp3) is 0.688. The number of hydrogen-bond acceptors (Lipinski definition) is 8. The number of rotatable bonds is 15. The normalized spacial score (nSPS) is 21.5. The van der Waals surface area contributed by atoms with Crippen LogP contribution in [0.25, 0.3) is 0 Å². The minimum atomic E-state index is -2.98. The SMILES string of the molecule is CC[C@H](C)NC(=O)C(=O)[C@@H](CC(F)F)NC(=O)[C@@H]1[C@H]2CCC[C@H]2CN1C(=O)[C@@H](NC(=O)[C@@H](NC(=O)c1cnccn1)C(C)C)C(C)C. The lowest BCUT2D eigenvalue weighted by Crippen LogP contribution is -2.60. The number of likely N-dealkylation sites (tertiary alicyclic amines) is 1. The first kappa shape index (κ1) is 37.4. The molecule has 1 aromatic heterocycles. The lowest BCUT2D eigenvalue weighted by atomic mass is 9.92. The van der Waals surface area contributed by atoms with Crippen molar-refractivity contribution in [2.24, 2.45) is 23.7 Å². The maximum absolute atomic E-state index is 14.1. The van der Waals surface area contributed by atoms with E-state index in [9.17, 15) is 37.5 Å². The van der Waals surface area contributed by atoms with E-state index in [4.69, 9.17) is 0 Å². The lowest BCUT2D eigenvalue weighted by molar-refractivity contribution is -0.145. The second-order valence-corrected chi connectivity index (χ2v) is 13.1. The number of carbonyl (C=O) groups is 6. The van der Waals surface area contributed by atoms with Gasteiger partial charge in [-0.15, -0.1) is 0 Å². The summed E-state index contributed by atoms with van der Waals surface area (Å²) in [6.07, 6.45) is 2.64. The summed E-state index contributed by atoms with van der Waals surface area (Å²) in [5.74, 6) is -5.95. The molecule has 2 heterocycles. The van der Waals surface area contributed by atoms with E-state index >= 15 is 0 Å². The zero-order valence-corrected chi connectivity index (χ0v) is 27.8. The number of amides is 5. The Kier molecular flexibility index (Phi) is 13.3. The van der Waals surface area contributed by atoms with Gasteiger partial charge < -0.3 is 26.2 Å². The highest BCUT2D eigenvalue weighted by molar-refractivity contribution is 6.38. The molecule has 1 saturated heterocycles. The molecule has 2 aliphatic rings. The highest BCUT2D eigenvalue weighted by Crippen LogP contribution is 2.42. The molecule has 5 amide bonds. The Labute approximate surface area is 273 Å². The van der Waals surface area contributed by atoms with E-state index in [0.29, 0.717) is 12.8 Å². The first-order chi connectivity index (χ1) is 22.2. The van der Waals surface area contributed by atoms with Gasteiger partial charge in [0.15, 0.2) is 0 Å². The number of alkyl halides is 2. The van der Waals surface area contributed by atoms with Gasteiger partial charge in [0.1, 0.15) is 29.9 Å². The second-order valence-electron chi connectivity index (χ2n) is 13.1. The van der Waals surface area contributed by atoms with Crippen molar-refractivity contribution < 1.29 is 37.5 Å². The van der Waals surface area contributed by atoms with Crippen LogP contribution >= 0.6 is 0 Å². The molecule has 0 bridgehead atoms. The molecule has 260 valence electrons. The summed E-state index contributed by atoms with van der Waals surface area (Å²) in [5, 5.41) is 10.2. The van der Waals surface area contributed by atoms with Crippen molar-refractivity contribution in [1.29, 1.82) is 0 Å². The molecule has 1 aliphatic heterocycles. The zero-order valence-electron chi connectivity index (χ0n) is 27.8. The van der Waals surface area contributed by atoms with E-state index in [1.54, 1.807) is 41.5 Å². The fourth-order valence-electron chi connectivity index (χ4n) is 6.19. The largest absolute Gasteiger partial charge is 0.347 e. The predicted molar refractivity (Wildman–Crippen MR) is 167 cm³/mol. The van der Waals surface area contributed by atoms with Gasteiger partial charge in [-0.25, -0.2) is 13.8 Å². The number of nitrogens with one attached hydrogen (secondary N) is 4. The highest BCUT2D eigenvalue weighted by atomic mass is 19.3. The number of ketones is 1. The molecule has 3 rings (SSSR count). The molecule has 7 atom stereocenters. The number of nitrogens with zero attached hydrogens (tertiary/aromatic N) is 3. The van der Waals surface area contributed by atoms with Crippen molar-refractivity contribution in [2.75, 3.05) is 6.54 Å². The molecule has 0 aromatic carbocycles. The molecule has 1 aromatic rings. The van der Waals surface area contributed by atoms with Crippen molar-refractivity contribution in [3.05, 3.63) is 24.3 Å². The molecule has 1 saturated carbocycles. The third-order valence-electron chi connectivity index (χ3n) is 8.96. The van der Waals surface area contributed by atoms with Crippen molar-refractivity contribution in [1.82, 2.24) is 36.1 Å². The van der Waals surface area contributed by atoms with Gasteiger partial charge in [0.2, 0.25) is 29.9 Å². The topological polar surface area (TPSA) is 180 Å². The van der Waals surface area contributed by atoms with Gasteiger partial charge in [-0.3, -0.25) is 33.8 Å². The smallest absolute Gasteiger partial charge is 0.289 e. The summed E-state index contributed by atoms with van der Waals surface area (Å²) in [7, 11) is 0. The summed E-state index contributed by atoms with van der Waals surface area (Å²) in [6, 6.07) is -5.37. The van der Waals surface area contributed by atoms with Crippen LogP contribution in [0.5, 0.6) is 0 Å². The van der Waals surface area contributed by atoms with E-state index in [2.05, 4.69) is 31.2 Å². The minimum Gasteiger partial charge on any atom is -0.347 e. The Hall–Kier alpha value is -4.04. The molecule has 2 fully saturated rings. The van der Waals surface area contributed by atoms with Crippen LogP contribution in [0.3, 0.4) is 0 Å². The first-order valence-electron chi connectivity index (χ1n) is 16.3. The first-order valence-corrected chi connectivity index (χ1v) is 16.3. The highest BCUT2D eigenvalue weighted by Gasteiger charge is 2.51. The van der Waals surface area contributed by atoms with Crippen molar-refractivity contribution in [3.63, 3.8) is 0 Å². The maximum Gasteiger partial charge on any atom is 0.289 e. The molecule has 0 radical (unpaired) electrons. The average Bonchev–Trinajstić information content (AvgIpc) is 3.62. The molecule has 15 heteroatoms. The van der Waals surface area contributed by atoms with Gasteiger partial charge in [0, 0.05) is 31.4 Å². The minimum absolute atomic E-state index is 0.0147. The van der Waals surface area contributed by atoms with Crippen LogP contribution in [0.2, 0.25) is 0 Å². The Morgan fingerprint density at radius 1 is 0.915 bits per heavy atom. The second kappa shape index (κ2) is 16.7. The van der Waals surface area contributed by atoms with Gasteiger partial charge in [-0.2, -0.15) is 0 Å². The molecule has 1 aliphatic carbocycles. The van der Waals surface area contributed by atoms with Crippen LogP contribution < -0.4 is 21.3 Å². The quantitative estimate of drug-likeness (QED) is 0.205. The van der Waals surface area contributed by atoms with Gasteiger partial charge in [-0.1, -0.05) is 41.0 Å². The zero-order chi connectivity index (χ0) is 35.0. The number of Topliss-reactive ketones (excluding diaryl/α,β-unsaturated/α-hetero) is 1. The summed E-state index contributed by atoms with van der Waals surface area (Å²) >= 11 is 0. The third kappa shape index (κ3) is 9.50. The van der Waals surface area contributed by atoms with Crippen LogP contribution in [0, 0.1) is 23.7 Å². The molecule has 4 N–H and O–H groups in total. The van der Waals surface area contributed by atoms with Crippen LogP contribution in [0.4, 0.5) is 8.78 Å². The van der Waals surface area contributed by atoms with Gasteiger partial charge in [0.05, 0.1) is 6.20 Å². The Morgan fingerprint density at radius 3 is 2.17 bits per heavy atom. The number of hydrogen-bond donors (Lipinski definition) is 4. The standard InChI is InChI=1S/C32H47F2N7O6/c1-7-18(6)37-31(46)27(42)21(13-23(33)34)38-30(45)26-20-10-8-9-19(20)15-41(26)32(47)25(17(4)5)40-29(44)24(16(2)3)39-28(43)22-14-35-11-12-36-22/h11-12,14,16-21,23-26H,7-10,13,15H2,1-6H3,(H,37,46)(H,38,45)(H,39,43)(H,40,44)/t18-,19-,20-,21+,24-,25-,26-/m0/s1. The predicted octanol–water partition coefficient (Wildman–Crippen LogP) is 1.62.